The minimum Gasteiger partial charge on any atom is -0.454 e. The van der Waals surface area contributed by atoms with Crippen molar-refractivity contribution >= 4 is 39.4 Å². The van der Waals surface area contributed by atoms with Gasteiger partial charge in [-0.2, -0.15) is 4.31 Å². The standard InChI is InChI=1S/C19H22ClN5O5S/c1-23(19-21-7-2-8-22-19)13-18(27)30-14-17(26)24-9-11-25(12-10-24)31(28,29)16-5-3-15(20)4-6-16/h2-8H,9-14H2,1H3. The minimum absolute atomic E-state index is 0.107. The Bertz CT molecular complexity index is 1010. The lowest BCUT2D eigenvalue weighted by atomic mass is 10.3. The Kier molecular flexibility index (Phi) is 7.42. The number of benzene rings is 1. The highest BCUT2D eigenvalue weighted by molar-refractivity contribution is 7.89. The van der Waals surface area contributed by atoms with E-state index in [4.69, 9.17) is 16.3 Å². The number of amides is 1. The van der Waals surface area contributed by atoms with Crippen molar-refractivity contribution in [2.24, 2.45) is 0 Å². The lowest BCUT2D eigenvalue weighted by Gasteiger charge is -2.33. The molecule has 12 heteroatoms. The maximum Gasteiger partial charge on any atom is 0.326 e. The number of anilines is 1. The zero-order valence-corrected chi connectivity index (χ0v) is 18.4. The summed E-state index contributed by atoms with van der Waals surface area (Å²) in [4.78, 5) is 35.5. The number of aromatic nitrogens is 2. The van der Waals surface area contributed by atoms with E-state index < -0.39 is 22.6 Å². The van der Waals surface area contributed by atoms with Crippen LogP contribution in [0, 0.1) is 0 Å². The maximum atomic E-state index is 12.7. The Balaban J connectivity index is 1.45. The number of ether oxygens (including phenoxy) is 1. The van der Waals surface area contributed by atoms with E-state index in [0.29, 0.717) is 11.0 Å². The van der Waals surface area contributed by atoms with Crippen LogP contribution in [0.4, 0.5) is 5.95 Å². The number of hydrogen-bond acceptors (Lipinski definition) is 8. The van der Waals surface area contributed by atoms with Crippen LogP contribution in [-0.2, 0) is 24.3 Å². The van der Waals surface area contributed by atoms with Crippen molar-refractivity contribution < 1.29 is 22.7 Å². The first kappa shape index (κ1) is 22.9. The molecule has 0 N–H and O–H groups in total. The molecular formula is C19H22ClN5O5S. The second kappa shape index (κ2) is 10.0. The van der Waals surface area contributed by atoms with Crippen molar-refractivity contribution in [3.8, 4) is 0 Å². The number of rotatable bonds is 7. The largest absolute Gasteiger partial charge is 0.454 e. The molecule has 166 valence electrons. The summed E-state index contributed by atoms with van der Waals surface area (Å²) in [6, 6.07) is 7.60. The van der Waals surface area contributed by atoms with E-state index in [1.165, 1.54) is 38.4 Å². The van der Waals surface area contributed by atoms with Crippen LogP contribution in [0.5, 0.6) is 0 Å². The average molecular weight is 468 g/mol. The molecule has 0 saturated carbocycles. The van der Waals surface area contributed by atoms with Crippen molar-refractivity contribution in [1.29, 1.82) is 0 Å². The van der Waals surface area contributed by atoms with E-state index in [0.717, 1.165) is 0 Å². The van der Waals surface area contributed by atoms with Crippen molar-refractivity contribution in [3.05, 3.63) is 47.7 Å². The van der Waals surface area contributed by atoms with Crippen molar-refractivity contribution in [3.63, 3.8) is 0 Å². The number of sulfonamides is 1. The van der Waals surface area contributed by atoms with Crippen LogP contribution >= 0.6 is 11.6 Å². The average Bonchev–Trinajstić information content (AvgIpc) is 2.78. The van der Waals surface area contributed by atoms with Crippen molar-refractivity contribution in [2.45, 2.75) is 4.90 Å². The summed E-state index contributed by atoms with van der Waals surface area (Å²) in [5, 5.41) is 0.450. The van der Waals surface area contributed by atoms with Crippen LogP contribution in [0.2, 0.25) is 5.02 Å². The van der Waals surface area contributed by atoms with E-state index in [2.05, 4.69) is 9.97 Å². The fraction of sp³-hybridized carbons (Fsp3) is 0.368. The first-order chi connectivity index (χ1) is 14.8. The molecule has 0 spiro atoms. The highest BCUT2D eigenvalue weighted by atomic mass is 35.5. The fourth-order valence-electron chi connectivity index (χ4n) is 2.97. The minimum atomic E-state index is -3.66. The fourth-order valence-corrected chi connectivity index (χ4v) is 4.51. The van der Waals surface area contributed by atoms with E-state index in [9.17, 15) is 18.0 Å². The molecule has 1 fully saturated rings. The predicted molar refractivity (Wildman–Crippen MR) is 113 cm³/mol. The molecule has 0 atom stereocenters. The number of piperazine rings is 1. The summed E-state index contributed by atoms with van der Waals surface area (Å²) in [5.74, 6) is -0.605. The third-order valence-corrected chi connectivity index (χ3v) is 6.82. The summed E-state index contributed by atoms with van der Waals surface area (Å²) in [5.41, 5.74) is 0. The summed E-state index contributed by atoms with van der Waals surface area (Å²) in [7, 11) is -2.02. The number of hydrogen-bond donors (Lipinski definition) is 0. The molecule has 1 aromatic carbocycles. The summed E-state index contributed by atoms with van der Waals surface area (Å²) in [6.45, 7) is 0.204. The van der Waals surface area contributed by atoms with Gasteiger partial charge in [-0.15, -0.1) is 0 Å². The molecule has 0 bridgehead atoms. The summed E-state index contributed by atoms with van der Waals surface area (Å²) in [6.07, 6.45) is 3.11. The second-order valence-electron chi connectivity index (χ2n) is 6.80. The van der Waals surface area contributed by atoms with Crippen LogP contribution in [0.15, 0.2) is 47.6 Å². The summed E-state index contributed by atoms with van der Waals surface area (Å²) >= 11 is 5.82. The number of nitrogens with zero attached hydrogens (tertiary/aromatic N) is 5. The maximum absolute atomic E-state index is 12.7. The Hall–Kier alpha value is -2.76. The van der Waals surface area contributed by atoms with Gasteiger partial charge in [0.25, 0.3) is 5.91 Å². The van der Waals surface area contributed by atoms with E-state index >= 15 is 0 Å². The topological polar surface area (TPSA) is 113 Å². The van der Waals surface area contributed by atoms with Gasteiger partial charge in [-0.1, -0.05) is 11.6 Å². The monoisotopic (exact) mass is 467 g/mol. The van der Waals surface area contributed by atoms with Crippen LogP contribution in [0.25, 0.3) is 0 Å². The van der Waals surface area contributed by atoms with Gasteiger partial charge in [0.2, 0.25) is 16.0 Å². The molecule has 10 nitrogen and oxygen atoms in total. The summed E-state index contributed by atoms with van der Waals surface area (Å²) < 4.78 is 31.8. The quantitative estimate of drug-likeness (QED) is 0.545. The SMILES string of the molecule is CN(CC(=O)OCC(=O)N1CCN(S(=O)(=O)c2ccc(Cl)cc2)CC1)c1ncccn1. The van der Waals surface area contributed by atoms with Crippen LogP contribution < -0.4 is 4.90 Å². The lowest BCUT2D eigenvalue weighted by Crippen LogP contribution is -2.51. The van der Waals surface area contributed by atoms with Gasteiger partial charge in [0.15, 0.2) is 6.61 Å². The Labute approximate surface area is 185 Å². The molecule has 1 aliphatic rings. The van der Waals surface area contributed by atoms with Crippen molar-refractivity contribution in [1.82, 2.24) is 19.2 Å². The van der Waals surface area contributed by atoms with Gasteiger partial charge in [-0.25, -0.2) is 18.4 Å². The number of carbonyl (C=O) groups excluding carboxylic acids is 2. The molecule has 2 heterocycles. The molecule has 1 aliphatic heterocycles. The van der Waals surface area contributed by atoms with Gasteiger partial charge in [-0.05, 0) is 30.3 Å². The zero-order chi connectivity index (χ0) is 22.4. The van der Waals surface area contributed by atoms with Gasteiger partial charge in [0.05, 0.1) is 4.90 Å². The number of esters is 1. The highest BCUT2D eigenvalue weighted by Gasteiger charge is 2.30. The van der Waals surface area contributed by atoms with Gasteiger partial charge < -0.3 is 14.5 Å². The Morgan fingerprint density at radius 1 is 1.10 bits per heavy atom. The molecule has 2 aromatic rings. The Morgan fingerprint density at radius 2 is 1.71 bits per heavy atom. The van der Waals surface area contributed by atoms with Crippen LogP contribution in [-0.4, -0.2) is 85.8 Å². The normalized spacial score (nSPS) is 14.8. The first-order valence-corrected chi connectivity index (χ1v) is 11.3. The molecule has 1 amide bonds. The number of carbonyl (C=O) groups is 2. The lowest BCUT2D eigenvalue weighted by molar-refractivity contribution is -0.151. The number of likely N-dealkylation sites (N-methyl/N-ethyl adjacent to an activating group) is 1. The molecular weight excluding hydrogens is 446 g/mol. The molecule has 0 unspecified atom stereocenters. The van der Waals surface area contributed by atoms with E-state index in [1.807, 2.05) is 0 Å². The van der Waals surface area contributed by atoms with Crippen molar-refractivity contribution in [2.75, 3.05) is 51.3 Å². The van der Waals surface area contributed by atoms with Gasteiger partial charge in [0.1, 0.15) is 6.54 Å². The van der Waals surface area contributed by atoms with Crippen LogP contribution in [0.3, 0.4) is 0 Å². The van der Waals surface area contributed by atoms with Crippen LogP contribution in [0.1, 0.15) is 0 Å². The Morgan fingerprint density at radius 3 is 2.32 bits per heavy atom. The zero-order valence-electron chi connectivity index (χ0n) is 16.8. The smallest absolute Gasteiger partial charge is 0.326 e. The second-order valence-corrected chi connectivity index (χ2v) is 9.18. The van der Waals surface area contributed by atoms with Gasteiger partial charge in [-0.3, -0.25) is 9.59 Å². The van der Waals surface area contributed by atoms with Gasteiger partial charge in [0, 0.05) is 50.6 Å². The number of halogens is 1. The van der Waals surface area contributed by atoms with Gasteiger partial charge >= 0.3 is 5.97 Å². The van der Waals surface area contributed by atoms with E-state index in [1.54, 1.807) is 25.5 Å². The van der Waals surface area contributed by atoms with E-state index in [-0.39, 0.29) is 43.5 Å². The molecule has 31 heavy (non-hydrogen) atoms. The molecule has 1 aromatic heterocycles. The molecule has 0 radical (unpaired) electrons. The first-order valence-electron chi connectivity index (χ1n) is 9.44. The third-order valence-electron chi connectivity index (χ3n) is 4.66. The molecule has 3 rings (SSSR count). The predicted octanol–water partition coefficient (Wildman–Crippen LogP) is 0.643. The third kappa shape index (κ3) is 5.90. The molecule has 1 saturated heterocycles. The molecule has 0 aliphatic carbocycles. The highest BCUT2D eigenvalue weighted by Crippen LogP contribution is 2.20.